The van der Waals surface area contributed by atoms with Crippen LogP contribution in [-0.2, 0) is 24.0 Å². The van der Waals surface area contributed by atoms with E-state index in [-0.39, 0.29) is 25.2 Å². The highest BCUT2D eigenvalue weighted by atomic mass is 16.4. The van der Waals surface area contributed by atoms with E-state index >= 15 is 0 Å². The molecule has 0 saturated heterocycles. The van der Waals surface area contributed by atoms with Crippen molar-refractivity contribution in [1.29, 1.82) is 0 Å². The minimum absolute atomic E-state index is 0.0794. The van der Waals surface area contributed by atoms with Crippen LogP contribution >= 0.6 is 0 Å². The summed E-state index contributed by atoms with van der Waals surface area (Å²) in [6, 6.07) is -4.20. The first-order valence-electron chi connectivity index (χ1n) is 10.8. The lowest BCUT2D eigenvalue weighted by atomic mass is 10.0. The molecule has 0 rings (SSSR count). The molecule has 12 heteroatoms. The van der Waals surface area contributed by atoms with Crippen molar-refractivity contribution in [3.63, 3.8) is 0 Å². The molecule has 0 saturated carbocycles. The van der Waals surface area contributed by atoms with Gasteiger partial charge >= 0.3 is 5.97 Å². The average molecular weight is 459 g/mol. The van der Waals surface area contributed by atoms with E-state index in [1.807, 2.05) is 13.8 Å². The van der Waals surface area contributed by atoms with Crippen molar-refractivity contribution in [3.8, 4) is 0 Å². The van der Waals surface area contributed by atoms with Gasteiger partial charge in [-0.3, -0.25) is 24.0 Å². The van der Waals surface area contributed by atoms with Crippen LogP contribution in [0, 0.1) is 5.92 Å². The summed E-state index contributed by atoms with van der Waals surface area (Å²) in [4.78, 5) is 60.0. The summed E-state index contributed by atoms with van der Waals surface area (Å²) in [6.45, 7) is 5.48. The Labute approximate surface area is 188 Å². The van der Waals surface area contributed by atoms with E-state index in [0.717, 1.165) is 0 Å². The molecular weight excluding hydrogens is 420 g/mol. The Morgan fingerprint density at radius 2 is 1.38 bits per heavy atom. The third-order valence-corrected chi connectivity index (χ3v) is 4.68. The van der Waals surface area contributed by atoms with E-state index in [1.165, 1.54) is 6.92 Å². The molecule has 10 N–H and O–H groups in total. The van der Waals surface area contributed by atoms with Gasteiger partial charge in [-0.15, -0.1) is 0 Å². The predicted molar refractivity (Wildman–Crippen MR) is 118 cm³/mol. The number of carboxylic acids is 1. The zero-order valence-electron chi connectivity index (χ0n) is 19.1. The molecule has 0 fully saturated rings. The van der Waals surface area contributed by atoms with Crippen LogP contribution in [0.2, 0.25) is 0 Å². The van der Waals surface area contributed by atoms with Crippen molar-refractivity contribution >= 4 is 29.6 Å². The molecule has 0 aromatic rings. The van der Waals surface area contributed by atoms with Gasteiger partial charge in [0.2, 0.25) is 23.6 Å². The second kappa shape index (κ2) is 15.1. The molecule has 0 heterocycles. The Morgan fingerprint density at radius 3 is 1.88 bits per heavy atom. The Bertz CT molecular complexity index is 656. The fraction of sp³-hybridized carbons (Fsp3) is 0.750. The van der Waals surface area contributed by atoms with E-state index in [9.17, 15) is 24.0 Å². The van der Waals surface area contributed by atoms with Gasteiger partial charge in [0.05, 0.1) is 6.04 Å². The first-order valence-corrected chi connectivity index (χ1v) is 10.8. The maximum Gasteiger partial charge on any atom is 0.325 e. The molecule has 0 aliphatic carbocycles. The van der Waals surface area contributed by atoms with Gasteiger partial charge in [-0.1, -0.05) is 13.8 Å². The highest BCUT2D eigenvalue weighted by Gasteiger charge is 2.29. The second-order valence-electron chi connectivity index (χ2n) is 8.22. The van der Waals surface area contributed by atoms with Gasteiger partial charge in [0.15, 0.2) is 0 Å². The van der Waals surface area contributed by atoms with Gasteiger partial charge < -0.3 is 38.3 Å². The predicted octanol–water partition coefficient (Wildman–Crippen LogP) is -1.69. The molecule has 4 unspecified atom stereocenters. The number of carboxylic acid groups (broad SMARTS) is 1. The van der Waals surface area contributed by atoms with Gasteiger partial charge in [0, 0.05) is 6.42 Å². The zero-order chi connectivity index (χ0) is 24.8. The van der Waals surface area contributed by atoms with Crippen LogP contribution in [0.5, 0.6) is 0 Å². The monoisotopic (exact) mass is 458 g/mol. The number of nitrogens with one attached hydrogen (secondary N) is 3. The number of carbonyl (C=O) groups is 5. The lowest BCUT2D eigenvalue weighted by Gasteiger charge is -2.25. The van der Waals surface area contributed by atoms with Crippen LogP contribution in [-0.4, -0.2) is 65.4 Å². The number of carbonyl (C=O) groups excluding carboxylic acids is 4. The molecule has 0 aliphatic rings. The number of aliphatic carboxylic acids is 1. The van der Waals surface area contributed by atoms with Gasteiger partial charge in [-0.2, -0.15) is 0 Å². The zero-order valence-corrected chi connectivity index (χ0v) is 19.1. The summed E-state index contributed by atoms with van der Waals surface area (Å²) in [5, 5.41) is 16.4. The summed E-state index contributed by atoms with van der Waals surface area (Å²) in [5.74, 6) is -3.67. The van der Waals surface area contributed by atoms with Crippen LogP contribution in [0.15, 0.2) is 0 Å². The first-order chi connectivity index (χ1) is 14.9. The smallest absolute Gasteiger partial charge is 0.325 e. The van der Waals surface area contributed by atoms with E-state index in [0.29, 0.717) is 25.8 Å². The average Bonchev–Trinajstić information content (AvgIpc) is 2.69. The van der Waals surface area contributed by atoms with Crippen LogP contribution in [0.25, 0.3) is 0 Å². The number of unbranched alkanes of at least 4 members (excludes halogenated alkanes) is 1. The van der Waals surface area contributed by atoms with Crippen LogP contribution in [0.4, 0.5) is 0 Å². The summed E-state index contributed by atoms with van der Waals surface area (Å²) in [7, 11) is 0. The van der Waals surface area contributed by atoms with Crippen LogP contribution in [0.3, 0.4) is 0 Å². The number of rotatable bonds is 16. The summed E-state index contributed by atoms with van der Waals surface area (Å²) in [6.07, 6.45) is 1.47. The minimum atomic E-state index is -1.23. The highest BCUT2D eigenvalue weighted by molar-refractivity contribution is 5.94. The molecule has 0 aromatic carbocycles. The number of hydrogen-bond donors (Lipinski definition) is 7. The molecule has 184 valence electrons. The van der Waals surface area contributed by atoms with Crippen LogP contribution in [0.1, 0.15) is 59.3 Å². The molecule has 32 heavy (non-hydrogen) atoms. The van der Waals surface area contributed by atoms with Gasteiger partial charge in [0.25, 0.3) is 0 Å². The Balaban J connectivity index is 5.39. The van der Waals surface area contributed by atoms with Gasteiger partial charge in [-0.25, -0.2) is 0 Å². The van der Waals surface area contributed by atoms with Crippen molar-refractivity contribution in [1.82, 2.24) is 16.0 Å². The normalized spacial score (nSPS) is 14.7. The van der Waals surface area contributed by atoms with Crippen molar-refractivity contribution < 1.29 is 29.1 Å². The van der Waals surface area contributed by atoms with Gasteiger partial charge in [0.1, 0.15) is 18.1 Å². The summed E-state index contributed by atoms with van der Waals surface area (Å²) >= 11 is 0. The van der Waals surface area contributed by atoms with Crippen molar-refractivity contribution in [2.45, 2.75) is 83.5 Å². The molecule has 0 bridgehead atoms. The standard InChI is InChI=1S/C20H38N6O6/c1-11(2)10-13(22)17(28)25-15(7-8-16(23)27)19(30)26-14(6-4-5-9-21)18(29)24-12(3)20(31)32/h11-15H,4-10,21-22H2,1-3H3,(H2,23,27)(H,24,29)(H,25,28)(H,26,30)(H,31,32). The van der Waals surface area contributed by atoms with E-state index < -0.39 is 53.8 Å². The number of primary amides is 1. The highest BCUT2D eigenvalue weighted by Crippen LogP contribution is 2.07. The summed E-state index contributed by atoms with van der Waals surface area (Å²) < 4.78 is 0. The first kappa shape index (κ1) is 29.3. The van der Waals surface area contributed by atoms with E-state index in [2.05, 4.69) is 16.0 Å². The SMILES string of the molecule is CC(C)CC(N)C(=O)NC(CCC(N)=O)C(=O)NC(CCCCN)C(=O)NC(C)C(=O)O. The molecule has 4 atom stereocenters. The van der Waals surface area contributed by atoms with Crippen molar-refractivity contribution in [3.05, 3.63) is 0 Å². The van der Waals surface area contributed by atoms with E-state index in [4.69, 9.17) is 22.3 Å². The second-order valence-corrected chi connectivity index (χ2v) is 8.22. The Kier molecular flexibility index (Phi) is 13.8. The molecule has 0 radical (unpaired) electrons. The van der Waals surface area contributed by atoms with Crippen molar-refractivity contribution in [2.24, 2.45) is 23.1 Å². The largest absolute Gasteiger partial charge is 0.480 e. The number of hydrogen-bond acceptors (Lipinski definition) is 7. The quantitative estimate of drug-likeness (QED) is 0.132. The Morgan fingerprint density at radius 1 is 0.844 bits per heavy atom. The fourth-order valence-electron chi connectivity index (χ4n) is 2.86. The lowest BCUT2D eigenvalue weighted by Crippen LogP contribution is -2.57. The third kappa shape index (κ3) is 12.2. The molecule has 4 amide bonds. The number of amides is 4. The maximum atomic E-state index is 12.9. The molecule has 0 spiro atoms. The third-order valence-electron chi connectivity index (χ3n) is 4.68. The fourth-order valence-corrected chi connectivity index (χ4v) is 2.86. The topological polar surface area (TPSA) is 220 Å². The maximum absolute atomic E-state index is 12.9. The van der Waals surface area contributed by atoms with Crippen LogP contribution < -0.4 is 33.2 Å². The summed E-state index contributed by atoms with van der Waals surface area (Å²) in [5.41, 5.74) is 16.5. The Hall–Kier alpha value is -2.73. The molecule has 0 aliphatic heterocycles. The van der Waals surface area contributed by atoms with Crippen molar-refractivity contribution in [2.75, 3.05) is 6.54 Å². The lowest BCUT2D eigenvalue weighted by molar-refractivity contribution is -0.141. The van der Waals surface area contributed by atoms with Gasteiger partial charge in [-0.05, 0) is 51.5 Å². The molecule has 12 nitrogen and oxygen atoms in total. The van der Waals surface area contributed by atoms with E-state index in [1.54, 1.807) is 0 Å². The molecule has 0 aromatic heterocycles. The minimum Gasteiger partial charge on any atom is -0.480 e. The molecular formula is C20H38N6O6. The number of nitrogens with two attached hydrogens (primary N) is 3.